The minimum Gasteiger partial charge on any atom is -0.333 e. The van der Waals surface area contributed by atoms with E-state index >= 15 is 4.39 Å². The van der Waals surface area contributed by atoms with Crippen molar-refractivity contribution < 1.29 is 13.6 Å². The zero-order valence-corrected chi connectivity index (χ0v) is 20.3. The van der Waals surface area contributed by atoms with Crippen molar-refractivity contribution >= 4 is 16.8 Å². The van der Waals surface area contributed by atoms with E-state index in [4.69, 9.17) is 5.73 Å². The summed E-state index contributed by atoms with van der Waals surface area (Å²) in [7, 11) is 1.74. The molecule has 4 aromatic rings. The van der Waals surface area contributed by atoms with Gasteiger partial charge in [-0.3, -0.25) is 9.48 Å². The highest BCUT2D eigenvalue weighted by atomic mass is 19.1. The molecule has 37 heavy (non-hydrogen) atoms. The van der Waals surface area contributed by atoms with Gasteiger partial charge >= 0.3 is 0 Å². The van der Waals surface area contributed by atoms with E-state index in [1.54, 1.807) is 48.1 Å². The smallest absolute Gasteiger partial charge is 0.254 e. The van der Waals surface area contributed by atoms with Crippen LogP contribution in [0.4, 0.5) is 8.78 Å². The molecule has 0 radical (unpaired) electrons. The number of halogens is 2. The van der Waals surface area contributed by atoms with E-state index < -0.39 is 11.6 Å². The molecule has 2 N–H and O–H groups in total. The zero-order valence-electron chi connectivity index (χ0n) is 20.3. The zero-order chi connectivity index (χ0) is 25.8. The summed E-state index contributed by atoms with van der Waals surface area (Å²) in [4.78, 5) is 15.6. The standard InChI is InChI=1S/C29H25F2N5O/c1-35-27-9-8-23(28(31)25(27)15-34-35)22-7-4-17(10-24(22)16-2-3-18(14-32)26(30)11-16)29(37)36-20-5-6-21(36)13-19(33)12-20/h2-4,7-11,15,19-21H,5-6,12-13,33H2,1H3. The van der Waals surface area contributed by atoms with E-state index in [-0.39, 0.29) is 29.6 Å². The SMILES string of the molecule is Cn1ncc2c(F)c(-c3ccc(C(=O)N4C5CCC4CC(N)C5)cc3-c3ccc(C#N)c(F)c3)ccc21. The molecule has 0 saturated carbocycles. The average molecular weight is 498 g/mol. The molecule has 2 unspecified atom stereocenters. The molecule has 1 aromatic heterocycles. The summed E-state index contributed by atoms with van der Waals surface area (Å²) in [6, 6.07) is 15.0. The van der Waals surface area contributed by atoms with Gasteiger partial charge in [0.15, 0.2) is 0 Å². The molecule has 1 amide bonds. The molecule has 6 rings (SSSR count). The molecule has 0 spiro atoms. The van der Waals surface area contributed by atoms with Gasteiger partial charge in [0.05, 0.1) is 22.7 Å². The molecule has 3 heterocycles. The minimum absolute atomic E-state index is 0.0817. The number of fused-ring (bicyclic) bond motifs is 3. The number of nitriles is 1. The summed E-state index contributed by atoms with van der Waals surface area (Å²) >= 11 is 0. The second kappa shape index (κ2) is 8.79. The van der Waals surface area contributed by atoms with Crippen molar-refractivity contribution in [2.75, 3.05) is 0 Å². The second-order valence-corrected chi connectivity index (χ2v) is 10.0. The summed E-state index contributed by atoms with van der Waals surface area (Å²) in [5, 5.41) is 13.7. The van der Waals surface area contributed by atoms with Crippen LogP contribution < -0.4 is 5.73 Å². The summed E-state index contributed by atoms with van der Waals surface area (Å²) in [6.07, 6.45) is 4.91. The largest absolute Gasteiger partial charge is 0.333 e. The van der Waals surface area contributed by atoms with Gasteiger partial charge in [-0.25, -0.2) is 8.78 Å². The molecular weight excluding hydrogens is 472 g/mol. The lowest BCUT2D eigenvalue weighted by molar-refractivity contribution is 0.0575. The summed E-state index contributed by atoms with van der Waals surface area (Å²) < 4.78 is 32.0. The Morgan fingerprint density at radius 1 is 1.03 bits per heavy atom. The van der Waals surface area contributed by atoms with E-state index in [0.717, 1.165) is 25.7 Å². The number of carbonyl (C=O) groups excluding carboxylic acids is 1. The van der Waals surface area contributed by atoms with Gasteiger partial charge in [-0.15, -0.1) is 0 Å². The summed E-state index contributed by atoms with van der Waals surface area (Å²) in [5.74, 6) is -1.21. The summed E-state index contributed by atoms with van der Waals surface area (Å²) in [5.41, 5.74) is 9.03. The monoisotopic (exact) mass is 497 g/mol. The van der Waals surface area contributed by atoms with Crippen LogP contribution in [-0.4, -0.2) is 38.7 Å². The molecule has 6 nitrogen and oxygen atoms in total. The first-order valence-electron chi connectivity index (χ1n) is 12.4. The van der Waals surface area contributed by atoms with Gasteiger partial charge in [0.2, 0.25) is 0 Å². The number of nitrogens with two attached hydrogens (primary N) is 1. The van der Waals surface area contributed by atoms with E-state index in [1.807, 2.05) is 11.0 Å². The third-order valence-electron chi connectivity index (χ3n) is 7.83. The number of hydrogen-bond acceptors (Lipinski definition) is 4. The number of carbonyl (C=O) groups is 1. The fourth-order valence-corrected chi connectivity index (χ4v) is 6.03. The number of benzene rings is 3. The number of piperidine rings is 1. The molecule has 2 aliphatic rings. The van der Waals surface area contributed by atoms with Crippen LogP contribution in [0.3, 0.4) is 0 Å². The lowest BCUT2D eigenvalue weighted by atomic mass is 9.90. The Morgan fingerprint density at radius 3 is 2.46 bits per heavy atom. The van der Waals surface area contributed by atoms with Crippen LogP contribution in [0, 0.1) is 23.0 Å². The lowest BCUT2D eigenvalue weighted by Gasteiger charge is -2.38. The Kier molecular flexibility index (Phi) is 5.54. The molecule has 186 valence electrons. The Morgan fingerprint density at radius 2 is 1.76 bits per heavy atom. The van der Waals surface area contributed by atoms with Gasteiger partial charge in [-0.2, -0.15) is 10.4 Å². The molecule has 2 aliphatic heterocycles. The first-order valence-corrected chi connectivity index (χ1v) is 12.4. The second-order valence-electron chi connectivity index (χ2n) is 10.0. The normalized spacial score (nSPS) is 20.8. The quantitative estimate of drug-likeness (QED) is 0.424. The van der Waals surface area contributed by atoms with Gasteiger partial charge < -0.3 is 10.6 Å². The molecule has 2 bridgehead atoms. The Labute approximate surface area is 212 Å². The highest BCUT2D eigenvalue weighted by Crippen LogP contribution is 2.40. The number of nitrogens with zero attached hydrogens (tertiary/aromatic N) is 4. The number of hydrogen-bond donors (Lipinski definition) is 1. The Hall–Kier alpha value is -4.09. The number of aromatic nitrogens is 2. The van der Waals surface area contributed by atoms with Crippen LogP contribution in [0.15, 0.2) is 54.7 Å². The highest BCUT2D eigenvalue weighted by molar-refractivity contribution is 5.99. The van der Waals surface area contributed by atoms with Gasteiger partial charge in [-0.1, -0.05) is 12.1 Å². The topological polar surface area (TPSA) is 87.9 Å². The van der Waals surface area contributed by atoms with Gasteiger partial charge in [0.25, 0.3) is 5.91 Å². The van der Waals surface area contributed by atoms with Gasteiger partial charge in [0.1, 0.15) is 17.7 Å². The lowest BCUT2D eigenvalue weighted by Crippen LogP contribution is -2.50. The van der Waals surface area contributed by atoms with Crippen molar-refractivity contribution in [3.05, 3.63) is 77.5 Å². The molecular formula is C29H25F2N5O. The third-order valence-corrected chi connectivity index (χ3v) is 7.83. The molecule has 3 aromatic carbocycles. The number of amides is 1. The van der Waals surface area contributed by atoms with Crippen molar-refractivity contribution in [2.24, 2.45) is 12.8 Å². The fraction of sp³-hybridized carbons (Fsp3) is 0.276. The van der Waals surface area contributed by atoms with Crippen LogP contribution in [0.25, 0.3) is 33.2 Å². The van der Waals surface area contributed by atoms with Crippen molar-refractivity contribution in [3.8, 4) is 28.3 Å². The summed E-state index contributed by atoms with van der Waals surface area (Å²) in [6.45, 7) is 0. The number of rotatable bonds is 3. The Balaban J connectivity index is 1.50. The average Bonchev–Trinajstić information content (AvgIpc) is 3.40. The number of aryl methyl sites for hydroxylation is 1. The third kappa shape index (κ3) is 3.78. The van der Waals surface area contributed by atoms with Crippen molar-refractivity contribution in [3.63, 3.8) is 0 Å². The van der Waals surface area contributed by atoms with Crippen LogP contribution in [-0.2, 0) is 7.05 Å². The van der Waals surface area contributed by atoms with Crippen molar-refractivity contribution in [1.82, 2.24) is 14.7 Å². The van der Waals surface area contributed by atoms with Gasteiger partial charge in [-0.05, 0) is 78.8 Å². The van der Waals surface area contributed by atoms with Crippen LogP contribution in [0.5, 0.6) is 0 Å². The fourth-order valence-electron chi connectivity index (χ4n) is 6.03. The Bertz CT molecular complexity index is 1590. The van der Waals surface area contributed by atoms with Crippen molar-refractivity contribution in [1.29, 1.82) is 5.26 Å². The molecule has 2 atom stereocenters. The maximum Gasteiger partial charge on any atom is 0.254 e. The van der Waals surface area contributed by atoms with E-state index in [9.17, 15) is 14.4 Å². The first-order chi connectivity index (χ1) is 17.9. The molecule has 2 fully saturated rings. The van der Waals surface area contributed by atoms with Crippen LogP contribution in [0.1, 0.15) is 41.6 Å². The predicted molar refractivity (Wildman–Crippen MR) is 136 cm³/mol. The first kappa shape index (κ1) is 23.3. The molecule has 8 heteroatoms. The molecule has 2 saturated heterocycles. The van der Waals surface area contributed by atoms with Crippen LogP contribution in [0.2, 0.25) is 0 Å². The van der Waals surface area contributed by atoms with E-state index in [2.05, 4.69) is 5.10 Å². The van der Waals surface area contributed by atoms with E-state index in [0.29, 0.717) is 38.7 Å². The van der Waals surface area contributed by atoms with Crippen LogP contribution >= 0.6 is 0 Å². The molecule has 0 aliphatic carbocycles. The van der Waals surface area contributed by atoms with E-state index in [1.165, 1.54) is 18.3 Å². The minimum atomic E-state index is -0.672. The predicted octanol–water partition coefficient (Wildman–Crippen LogP) is 5.15. The highest BCUT2D eigenvalue weighted by Gasteiger charge is 2.42. The maximum absolute atomic E-state index is 15.7. The van der Waals surface area contributed by atoms with Crippen molar-refractivity contribution in [2.45, 2.75) is 43.8 Å². The maximum atomic E-state index is 15.7. The van der Waals surface area contributed by atoms with Gasteiger partial charge in [0, 0.05) is 36.3 Å².